The third-order valence-corrected chi connectivity index (χ3v) is 9.96. The van der Waals surface area contributed by atoms with Crippen LogP contribution in [0.1, 0.15) is 79.1 Å². The number of likely N-dealkylation sites (tertiary alicyclic amines) is 1. The minimum absolute atomic E-state index is 0.0984. The van der Waals surface area contributed by atoms with Gasteiger partial charge in [0.15, 0.2) is 0 Å². The molecule has 1 saturated heterocycles. The monoisotopic (exact) mass is 784 g/mol. The number of nitrogens with one attached hydrogen (secondary N) is 3. The number of ether oxygens (including phenoxy) is 2. The Labute approximate surface area is 319 Å². The second-order valence-corrected chi connectivity index (χ2v) is 15.0. The predicted octanol–water partition coefficient (Wildman–Crippen LogP) is 6.16. The number of alkyl carbamates (subject to hydrolysis) is 1. The van der Waals surface area contributed by atoms with Crippen LogP contribution in [-0.2, 0) is 47.5 Å². The van der Waals surface area contributed by atoms with Crippen LogP contribution < -0.4 is 27.2 Å². The summed E-state index contributed by atoms with van der Waals surface area (Å²) in [5.41, 5.74) is -1.34. The minimum atomic E-state index is -4.62. The zero-order valence-corrected chi connectivity index (χ0v) is 31.6. The highest BCUT2D eigenvalue weighted by atomic mass is 19.4. The second kappa shape index (κ2) is 15.6. The average molecular weight is 785 g/mol. The van der Waals surface area contributed by atoms with E-state index in [9.17, 15) is 32.3 Å². The fraction of sp³-hybridized carbons (Fsp3) is 0.436. The lowest BCUT2D eigenvalue weighted by molar-refractivity contribution is -0.153. The van der Waals surface area contributed by atoms with Crippen LogP contribution >= 0.6 is 0 Å². The second-order valence-electron chi connectivity index (χ2n) is 15.0. The van der Waals surface area contributed by atoms with Gasteiger partial charge >= 0.3 is 24.0 Å². The highest BCUT2D eigenvalue weighted by molar-refractivity contribution is 5.89. The number of alkyl halides is 3. The van der Waals surface area contributed by atoms with Crippen molar-refractivity contribution in [1.29, 1.82) is 0 Å². The third-order valence-electron chi connectivity index (χ3n) is 9.96. The first-order valence-corrected chi connectivity index (χ1v) is 18.1. The van der Waals surface area contributed by atoms with Gasteiger partial charge in [0.25, 0.3) is 5.56 Å². The zero-order valence-electron chi connectivity index (χ0n) is 31.6. The normalized spacial score (nSPS) is 16.0. The molecule has 2 aromatic carbocycles. The molecule has 0 bridgehead atoms. The molecule has 3 N–H and O–H groups in total. The number of hydrogen-bond donors (Lipinski definition) is 3. The molecule has 0 radical (unpaired) electrons. The van der Waals surface area contributed by atoms with E-state index in [4.69, 9.17) is 13.9 Å². The molecular formula is C39H44F4N6O7. The third kappa shape index (κ3) is 8.68. The number of aryl methyl sites for hydroxylation is 1. The summed E-state index contributed by atoms with van der Waals surface area (Å²) in [7, 11) is 1.45. The number of carbonyl (C=O) groups is 2. The van der Waals surface area contributed by atoms with Gasteiger partial charge in [-0.15, -0.1) is 0 Å². The van der Waals surface area contributed by atoms with Crippen molar-refractivity contribution in [1.82, 2.24) is 24.7 Å². The molecule has 2 aromatic heterocycles. The van der Waals surface area contributed by atoms with Crippen LogP contribution in [0.15, 0.2) is 68.6 Å². The molecule has 17 heteroatoms. The number of carbonyl (C=O) groups excluding carboxylic acids is 2. The lowest BCUT2D eigenvalue weighted by Crippen LogP contribution is -2.50. The first-order chi connectivity index (χ1) is 26.4. The maximum atomic E-state index is 15.3. The van der Waals surface area contributed by atoms with Crippen LogP contribution in [-0.4, -0.2) is 51.9 Å². The number of furan rings is 1. The van der Waals surface area contributed by atoms with E-state index in [2.05, 4.69) is 16.0 Å². The molecule has 1 unspecified atom stereocenters. The van der Waals surface area contributed by atoms with Gasteiger partial charge in [-0.25, -0.2) is 18.8 Å². The van der Waals surface area contributed by atoms with Crippen molar-refractivity contribution in [2.75, 3.05) is 25.5 Å². The van der Waals surface area contributed by atoms with E-state index < -0.39 is 58.4 Å². The first kappa shape index (κ1) is 40.2. The van der Waals surface area contributed by atoms with Gasteiger partial charge in [-0.2, -0.15) is 13.2 Å². The number of urea groups is 1. The van der Waals surface area contributed by atoms with E-state index in [1.165, 1.54) is 23.7 Å². The van der Waals surface area contributed by atoms with E-state index in [0.717, 1.165) is 10.6 Å². The fourth-order valence-electron chi connectivity index (χ4n) is 7.17. The molecule has 0 aliphatic carbocycles. The van der Waals surface area contributed by atoms with Crippen LogP contribution in [0.3, 0.4) is 0 Å². The van der Waals surface area contributed by atoms with Gasteiger partial charge in [0.2, 0.25) is 5.76 Å². The van der Waals surface area contributed by atoms with Gasteiger partial charge in [-0.1, -0.05) is 24.3 Å². The lowest BCUT2D eigenvalue weighted by Gasteiger charge is -2.38. The van der Waals surface area contributed by atoms with Crippen LogP contribution in [0, 0.1) is 12.7 Å². The summed E-state index contributed by atoms with van der Waals surface area (Å²) < 4.78 is 74.1. The number of benzene rings is 2. The van der Waals surface area contributed by atoms with E-state index in [1.54, 1.807) is 64.1 Å². The molecule has 2 aliphatic rings. The lowest BCUT2D eigenvalue weighted by atomic mass is 9.85. The van der Waals surface area contributed by atoms with Gasteiger partial charge in [0.05, 0.1) is 43.5 Å². The summed E-state index contributed by atoms with van der Waals surface area (Å²) in [4.78, 5) is 56.5. The van der Waals surface area contributed by atoms with Gasteiger partial charge in [0, 0.05) is 31.4 Å². The Morgan fingerprint density at radius 2 is 1.70 bits per heavy atom. The van der Waals surface area contributed by atoms with Crippen molar-refractivity contribution < 1.29 is 41.0 Å². The molecule has 0 saturated carbocycles. The average Bonchev–Trinajstić information content (AvgIpc) is 3.75. The number of amides is 3. The Morgan fingerprint density at radius 3 is 2.34 bits per heavy atom. The largest absolute Gasteiger partial charge is 0.455 e. The minimum Gasteiger partial charge on any atom is -0.455 e. The van der Waals surface area contributed by atoms with Crippen molar-refractivity contribution in [3.8, 4) is 0 Å². The summed E-state index contributed by atoms with van der Waals surface area (Å²) in [6, 6.07) is 11.7. The molecule has 300 valence electrons. The standard InChI is InChI=1S/C39H44F4N6O7/c1-23-8-6-11-28(40)27(23)20-48-30-22-54-38(14-16-47(17-15-38)19-26-12-13-31(55-26)39(41,42)43)32(30)33(50)49(36(48)53)21-29(46-35(52)56-37(2,3)4)24-9-7-10-25(18-24)45-34(51)44-5/h6-13,18,29H,14-17,19-22H2,1-5H3,(H,46,52)(H2,44,45,51). The highest BCUT2D eigenvalue weighted by Gasteiger charge is 2.47. The van der Waals surface area contributed by atoms with Gasteiger partial charge < -0.3 is 29.8 Å². The molecule has 1 atom stereocenters. The van der Waals surface area contributed by atoms with Crippen molar-refractivity contribution >= 4 is 17.8 Å². The molecular weight excluding hydrogens is 740 g/mol. The number of hydrogen-bond acceptors (Lipinski definition) is 8. The van der Waals surface area contributed by atoms with Crippen molar-refractivity contribution in [2.24, 2.45) is 0 Å². The van der Waals surface area contributed by atoms with Crippen molar-refractivity contribution in [2.45, 2.75) is 90.2 Å². The number of anilines is 1. The Kier molecular flexibility index (Phi) is 11.2. The van der Waals surface area contributed by atoms with Crippen LogP contribution in [0.4, 0.5) is 32.8 Å². The smallest absolute Gasteiger partial charge is 0.449 e. The van der Waals surface area contributed by atoms with E-state index in [1.807, 2.05) is 4.90 Å². The number of aromatic nitrogens is 2. The number of piperidine rings is 1. The fourth-order valence-corrected chi connectivity index (χ4v) is 7.17. The number of halogens is 4. The SMILES string of the molecule is CNC(=O)Nc1cccc(C(Cn2c(=O)c3c(n(Cc4c(C)cccc4F)c2=O)COC32CCN(Cc3ccc(C(F)(F)F)o3)CC2)NC(=O)OC(C)(C)C)c1. The van der Waals surface area contributed by atoms with E-state index in [-0.39, 0.29) is 56.0 Å². The Hall–Kier alpha value is -5.42. The Morgan fingerprint density at radius 1 is 0.982 bits per heavy atom. The Bertz CT molecular complexity index is 2210. The molecule has 2 aliphatic heterocycles. The summed E-state index contributed by atoms with van der Waals surface area (Å²) in [5.74, 6) is -1.50. The quantitative estimate of drug-likeness (QED) is 0.171. The van der Waals surface area contributed by atoms with Crippen LogP contribution in [0.25, 0.3) is 0 Å². The van der Waals surface area contributed by atoms with E-state index in [0.29, 0.717) is 35.6 Å². The van der Waals surface area contributed by atoms with Crippen LogP contribution in [0.5, 0.6) is 0 Å². The predicted molar refractivity (Wildman–Crippen MR) is 197 cm³/mol. The number of rotatable bonds is 9. The maximum absolute atomic E-state index is 15.3. The summed E-state index contributed by atoms with van der Waals surface area (Å²) in [6.45, 7) is 6.78. The summed E-state index contributed by atoms with van der Waals surface area (Å²) in [5, 5.41) is 7.92. The summed E-state index contributed by atoms with van der Waals surface area (Å²) in [6.07, 6.45) is -4.93. The van der Waals surface area contributed by atoms with Gasteiger partial charge in [-0.05, 0) is 82.0 Å². The molecule has 3 amide bonds. The van der Waals surface area contributed by atoms with Crippen molar-refractivity contribution in [3.05, 3.63) is 121 Å². The van der Waals surface area contributed by atoms with Crippen LogP contribution in [0.2, 0.25) is 0 Å². The molecule has 1 spiro atoms. The molecule has 13 nitrogen and oxygen atoms in total. The zero-order chi connectivity index (χ0) is 40.6. The topological polar surface area (TPSA) is 149 Å². The summed E-state index contributed by atoms with van der Waals surface area (Å²) >= 11 is 0. The molecule has 56 heavy (non-hydrogen) atoms. The van der Waals surface area contributed by atoms with E-state index >= 15 is 4.39 Å². The number of nitrogens with zero attached hydrogens (tertiary/aromatic N) is 3. The molecule has 4 heterocycles. The molecule has 1 fully saturated rings. The highest BCUT2D eigenvalue weighted by Crippen LogP contribution is 2.43. The maximum Gasteiger partial charge on any atom is 0.449 e. The molecule has 6 rings (SSSR count). The number of fused-ring (bicyclic) bond motifs is 2. The Balaban J connectivity index is 1.41. The van der Waals surface area contributed by atoms with Gasteiger partial charge in [0.1, 0.15) is 22.8 Å². The van der Waals surface area contributed by atoms with Gasteiger partial charge in [-0.3, -0.25) is 18.8 Å². The molecule has 4 aromatic rings. The first-order valence-electron chi connectivity index (χ1n) is 18.1. The van der Waals surface area contributed by atoms with Crippen molar-refractivity contribution in [3.63, 3.8) is 0 Å².